The van der Waals surface area contributed by atoms with Gasteiger partial charge in [0.05, 0.1) is 16.8 Å². The number of amides is 1. The molecule has 2 aliphatic rings. The third kappa shape index (κ3) is 4.97. The highest BCUT2D eigenvalue weighted by molar-refractivity contribution is 7.91. The first-order chi connectivity index (χ1) is 15.2. The zero-order chi connectivity index (χ0) is 22.9. The van der Waals surface area contributed by atoms with E-state index in [1.807, 2.05) is 46.8 Å². The summed E-state index contributed by atoms with van der Waals surface area (Å²) in [6.45, 7) is 2.67. The fraction of sp³-hybridized carbons (Fsp3) is 0.458. The second-order valence-corrected chi connectivity index (χ2v) is 12.7. The number of hydrogen-bond donors (Lipinski definition) is 0. The molecule has 1 amide bonds. The van der Waals surface area contributed by atoms with Crippen LogP contribution in [0, 0.1) is 0 Å². The molecule has 6 nitrogen and oxygen atoms in total. The van der Waals surface area contributed by atoms with Crippen LogP contribution in [0.2, 0.25) is 0 Å². The first-order valence-corrected chi connectivity index (χ1v) is 14.0. The number of sulfone groups is 1. The Bertz CT molecular complexity index is 1090. The minimum Gasteiger partial charge on any atom is -0.338 e. The molecule has 0 bridgehead atoms. The van der Waals surface area contributed by atoms with Crippen LogP contribution in [0.15, 0.2) is 54.6 Å². The van der Waals surface area contributed by atoms with E-state index in [0.717, 1.165) is 24.0 Å². The molecule has 0 N–H and O–H groups in total. The highest BCUT2D eigenvalue weighted by Gasteiger charge is 2.34. The van der Waals surface area contributed by atoms with Gasteiger partial charge in [-0.25, -0.2) is 16.9 Å². The molecule has 32 heavy (non-hydrogen) atoms. The Hall–Kier alpha value is -2.03. The lowest BCUT2D eigenvalue weighted by Gasteiger charge is -2.37. The van der Waals surface area contributed by atoms with Gasteiger partial charge >= 0.3 is 0 Å². The standard InChI is InChI=1S/C24H30N2O4S2/c1-18-8-13-23(20-6-4-3-5-7-20)31(28)26(18)16-19-9-11-21(12-10-19)24(27)25(2)22-14-15-32(29,30)17-22/h3-7,9-12,18,22-23H,8,13-17H2,1-2H3/t18-,22?,23?,31?/m0/s1. The summed E-state index contributed by atoms with van der Waals surface area (Å²) in [6.07, 6.45) is 2.38. The fourth-order valence-corrected chi connectivity index (χ4v) is 8.10. The van der Waals surface area contributed by atoms with Crippen LogP contribution in [-0.2, 0) is 27.4 Å². The minimum absolute atomic E-state index is 0.00425. The van der Waals surface area contributed by atoms with Crippen molar-refractivity contribution in [3.63, 3.8) is 0 Å². The second-order valence-electron chi connectivity index (χ2n) is 8.85. The minimum atomic E-state index is -3.04. The van der Waals surface area contributed by atoms with E-state index in [4.69, 9.17) is 0 Å². The zero-order valence-corrected chi connectivity index (χ0v) is 20.1. The molecule has 0 radical (unpaired) electrons. The van der Waals surface area contributed by atoms with Gasteiger partial charge in [-0.1, -0.05) is 42.5 Å². The maximum atomic E-state index is 13.3. The summed E-state index contributed by atoms with van der Waals surface area (Å²) in [6, 6.07) is 17.4. The largest absolute Gasteiger partial charge is 0.338 e. The maximum absolute atomic E-state index is 13.3. The number of rotatable bonds is 5. The number of benzene rings is 2. The quantitative estimate of drug-likeness (QED) is 0.666. The lowest BCUT2D eigenvalue weighted by Crippen LogP contribution is -2.41. The molecule has 2 fully saturated rings. The lowest BCUT2D eigenvalue weighted by atomic mass is 10.0. The summed E-state index contributed by atoms with van der Waals surface area (Å²) >= 11 is 0. The SMILES string of the molecule is C[C@H]1CCC(c2ccccc2)S(=O)N1Cc1ccc(C(=O)N(C)C2CCS(=O)(=O)C2)cc1. The highest BCUT2D eigenvalue weighted by Crippen LogP contribution is 2.35. The molecule has 2 aromatic rings. The van der Waals surface area contributed by atoms with E-state index in [0.29, 0.717) is 18.5 Å². The third-order valence-electron chi connectivity index (χ3n) is 6.60. The van der Waals surface area contributed by atoms with Gasteiger partial charge in [0.2, 0.25) is 0 Å². The number of carbonyl (C=O) groups is 1. The number of carbonyl (C=O) groups excluding carboxylic acids is 1. The Labute approximate surface area is 193 Å². The Kier molecular flexibility index (Phi) is 6.83. The first-order valence-electron chi connectivity index (χ1n) is 11.0. The molecule has 172 valence electrons. The van der Waals surface area contributed by atoms with Crippen LogP contribution in [-0.4, -0.2) is 58.4 Å². The van der Waals surface area contributed by atoms with Gasteiger partial charge in [-0.05, 0) is 49.4 Å². The van der Waals surface area contributed by atoms with E-state index in [-0.39, 0.29) is 34.7 Å². The van der Waals surface area contributed by atoms with Crippen LogP contribution in [0.3, 0.4) is 0 Å². The van der Waals surface area contributed by atoms with Gasteiger partial charge in [0.1, 0.15) is 11.0 Å². The average molecular weight is 475 g/mol. The molecule has 0 aromatic heterocycles. The van der Waals surface area contributed by atoms with E-state index >= 15 is 0 Å². The molecule has 2 saturated heterocycles. The van der Waals surface area contributed by atoms with Crippen molar-refractivity contribution >= 4 is 26.7 Å². The van der Waals surface area contributed by atoms with E-state index in [1.165, 1.54) is 0 Å². The summed E-state index contributed by atoms with van der Waals surface area (Å²) in [5.74, 6) is 0.00971. The molecule has 0 spiro atoms. The Morgan fingerprint density at radius 2 is 1.75 bits per heavy atom. The van der Waals surface area contributed by atoms with Crippen LogP contribution in [0.4, 0.5) is 0 Å². The summed E-state index contributed by atoms with van der Waals surface area (Å²) in [5, 5.41) is 0.00425. The van der Waals surface area contributed by atoms with Crippen molar-refractivity contribution in [1.29, 1.82) is 0 Å². The van der Waals surface area contributed by atoms with Crippen molar-refractivity contribution in [2.45, 2.75) is 50.1 Å². The molecule has 4 rings (SSSR count). The summed E-state index contributed by atoms with van der Waals surface area (Å²) < 4.78 is 38.9. The van der Waals surface area contributed by atoms with Crippen LogP contribution in [0.25, 0.3) is 0 Å². The van der Waals surface area contributed by atoms with Crippen molar-refractivity contribution in [3.05, 3.63) is 71.3 Å². The second kappa shape index (κ2) is 9.45. The predicted molar refractivity (Wildman–Crippen MR) is 127 cm³/mol. The molecule has 0 aliphatic carbocycles. The van der Waals surface area contributed by atoms with Crippen molar-refractivity contribution in [3.8, 4) is 0 Å². The molecule has 3 unspecified atom stereocenters. The summed E-state index contributed by atoms with van der Waals surface area (Å²) in [5.41, 5.74) is 2.65. The predicted octanol–water partition coefficient (Wildman–Crippen LogP) is 3.34. The first kappa shape index (κ1) is 23.1. The van der Waals surface area contributed by atoms with Crippen LogP contribution in [0.5, 0.6) is 0 Å². The Balaban J connectivity index is 1.43. The van der Waals surface area contributed by atoms with Crippen LogP contribution < -0.4 is 0 Å². The van der Waals surface area contributed by atoms with Gasteiger partial charge in [-0.15, -0.1) is 0 Å². The fourth-order valence-electron chi connectivity index (χ4n) is 4.53. The van der Waals surface area contributed by atoms with E-state index < -0.39 is 20.8 Å². The Morgan fingerprint density at radius 3 is 2.38 bits per heavy atom. The third-order valence-corrected chi connectivity index (χ3v) is 10.3. The molecule has 8 heteroatoms. The molecule has 2 heterocycles. The molecule has 4 atom stereocenters. The summed E-state index contributed by atoms with van der Waals surface area (Å²) in [4.78, 5) is 14.4. The Morgan fingerprint density at radius 1 is 1.06 bits per heavy atom. The zero-order valence-electron chi connectivity index (χ0n) is 18.5. The van der Waals surface area contributed by atoms with Crippen LogP contribution in [0.1, 0.15) is 52.9 Å². The van der Waals surface area contributed by atoms with E-state index in [2.05, 4.69) is 6.92 Å². The average Bonchev–Trinajstić information content (AvgIpc) is 3.16. The summed E-state index contributed by atoms with van der Waals surface area (Å²) in [7, 11) is -2.50. The molecular weight excluding hydrogens is 444 g/mol. The topological polar surface area (TPSA) is 74.8 Å². The lowest BCUT2D eigenvalue weighted by molar-refractivity contribution is 0.0747. The van der Waals surface area contributed by atoms with Gasteiger partial charge in [0.15, 0.2) is 9.84 Å². The van der Waals surface area contributed by atoms with Gasteiger partial charge < -0.3 is 4.90 Å². The van der Waals surface area contributed by atoms with Crippen LogP contribution >= 0.6 is 0 Å². The number of hydrogen-bond acceptors (Lipinski definition) is 4. The van der Waals surface area contributed by atoms with E-state index in [1.54, 1.807) is 24.1 Å². The number of nitrogens with zero attached hydrogens (tertiary/aromatic N) is 2. The van der Waals surface area contributed by atoms with E-state index in [9.17, 15) is 17.4 Å². The molecular formula is C24H30N2O4S2. The van der Waals surface area contributed by atoms with Crippen molar-refractivity contribution in [2.24, 2.45) is 0 Å². The van der Waals surface area contributed by atoms with Gasteiger partial charge in [0.25, 0.3) is 5.91 Å². The monoisotopic (exact) mass is 474 g/mol. The normalized spacial score (nSPS) is 27.8. The van der Waals surface area contributed by atoms with Gasteiger partial charge in [0, 0.05) is 31.2 Å². The highest BCUT2D eigenvalue weighted by atomic mass is 32.2. The molecule has 2 aromatic carbocycles. The van der Waals surface area contributed by atoms with Crippen molar-refractivity contribution in [2.75, 3.05) is 18.6 Å². The smallest absolute Gasteiger partial charge is 0.253 e. The maximum Gasteiger partial charge on any atom is 0.253 e. The molecule has 2 aliphatic heterocycles. The van der Waals surface area contributed by atoms with Gasteiger partial charge in [-0.2, -0.15) is 0 Å². The van der Waals surface area contributed by atoms with Crippen molar-refractivity contribution < 1.29 is 17.4 Å². The van der Waals surface area contributed by atoms with Gasteiger partial charge in [-0.3, -0.25) is 4.79 Å². The van der Waals surface area contributed by atoms with Crippen molar-refractivity contribution in [1.82, 2.24) is 9.21 Å². The molecule has 0 saturated carbocycles.